The number of aromatic nitrogens is 3. The predicted octanol–water partition coefficient (Wildman–Crippen LogP) is 2.29. The van der Waals surface area contributed by atoms with E-state index in [-0.39, 0.29) is 17.6 Å². The number of ether oxygens (including phenoxy) is 1. The van der Waals surface area contributed by atoms with E-state index < -0.39 is 0 Å². The fourth-order valence-corrected chi connectivity index (χ4v) is 3.69. The molecule has 154 valence electrons. The van der Waals surface area contributed by atoms with E-state index in [0.717, 1.165) is 18.6 Å². The van der Waals surface area contributed by atoms with Crippen molar-refractivity contribution in [3.8, 4) is 11.8 Å². The van der Waals surface area contributed by atoms with Crippen molar-refractivity contribution >= 4 is 11.4 Å². The van der Waals surface area contributed by atoms with Crippen molar-refractivity contribution in [2.75, 3.05) is 13.1 Å². The van der Waals surface area contributed by atoms with Crippen molar-refractivity contribution in [2.45, 2.75) is 38.2 Å². The monoisotopic (exact) mass is 405 g/mol. The van der Waals surface area contributed by atoms with Gasteiger partial charge in [-0.05, 0) is 42.8 Å². The van der Waals surface area contributed by atoms with Crippen LogP contribution in [0.4, 0.5) is 0 Å². The molecular formula is C22H23N5O3. The van der Waals surface area contributed by atoms with Crippen LogP contribution in [0.5, 0.6) is 5.75 Å². The molecule has 0 spiro atoms. The number of H-pyrrole nitrogens is 1. The molecule has 1 saturated heterocycles. The minimum absolute atomic E-state index is 0.0737. The highest BCUT2D eigenvalue weighted by Crippen LogP contribution is 2.20. The maximum Gasteiger partial charge on any atom is 0.275 e. The molecule has 3 heterocycles. The molecule has 8 nitrogen and oxygen atoms in total. The Morgan fingerprint density at radius 1 is 1.23 bits per heavy atom. The zero-order valence-corrected chi connectivity index (χ0v) is 16.6. The minimum atomic E-state index is -0.166. The number of piperidine rings is 1. The van der Waals surface area contributed by atoms with Gasteiger partial charge in [0, 0.05) is 45.0 Å². The van der Waals surface area contributed by atoms with E-state index in [1.54, 1.807) is 47.1 Å². The molecule has 3 aromatic rings. The van der Waals surface area contributed by atoms with Crippen LogP contribution in [0.25, 0.3) is 5.52 Å². The van der Waals surface area contributed by atoms with Crippen LogP contribution in [-0.2, 0) is 11.2 Å². The van der Waals surface area contributed by atoms with Gasteiger partial charge in [-0.25, -0.2) is 4.52 Å². The second-order valence-electron chi connectivity index (χ2n) is 7.43. The first-order valence-electron chi connectivity index (χ1n) is 10.1. The third-order valence-corrected chi connectivity index (χ3v) is 5.33. The summed E-state index contributed by atoms with van der Waals surface area (Å²) in [6.07, 6.45) is 4.99. The number of nitrogens with one attached hydrogen (secondary N) is 1. The van der Waals surface area contributed by atoms with Crippen LogP contribution < -0.4 is 10.3 Å². The number of aromatic amines is 1. The Balaban J connectivity index is 1.22. The number of likely N-dealkylation sites (tertiary alicyclic amines) is 1. The topological polar surface area (TPSA) is 103 Å². The first-order valence-corrected chi connectivity index (χ1v) is 10.1. The smallest absolute Gasteiger partial charge is 0.275 e. The van der Waals surface area contributed by atoms with Gasteiger partial charge in [-0.3, -0.25) is 9.59 Å². The second-order valence-corrected chi connectivity index (χ2v) is 7.43. The van der Waals surface area contributed by atoms with Crippen LogP contribution >= 0.6 is 0 Å². The number of amides is 1. The molecule has 1 aliphatic heterocycles. The lowest BCUT2D eigenvalue weighted by atomic mass is 10.1. The van der Waals surface area contributed by atoms with Gasteiger partial charge in [0.15, 0.2) is 0 Å². The van der Waals surface area contributed by atoms with Crippen molar-refractivity contribution < 1.29 is 9.53 Å². The summed E-state index contributed by atoms with van der Waals surface area (Å²) in [6.45, 7) is 1.34. The molecule has 8 heteroatoms. The van der Waals surface area contributed by atoms with E-state index >= 15 is 0 Å². The number of nitriles is 1. The van der Waals surface area contributed by atoms with E-state index in [1.165, 1.54) is 0 Å². The van der Waals surface area contributed by atoms with Gasteiger partial charge in [-0.15, -0.1) is 0 Å². The summed E-state index contributed by atoms with van der Waals surface area (Å²) in [5, 5.41) is 13.2. The Bertz CT molecular complexity index is 1120. The zero-order chi connectivity index (χ0) is 20.9. The molecule has 30 heavy (non-hydrogen) atoms. The highest BCUT2D eigenvalue weighted by molar-refractivity contribution is 5.76. The SMILES string of the molecule is N#Cc1ccc(OC2CCN(C(=O)CCCc3nn4cccc4c(=O)[nH]3)CC2)cc1. The molecule has 1 fully saturated rings. The summed E-state index contributed by atoms with van der Waals surface area (Å²) in [4.78, 5) is 29.2. The second kappa shape index (κ2) is 8.82. The van der Waals surface area contributed by atoms with Crippen LogP contribution in [-0.4, -0.2) is 44.6 Å². The third-order valence-electron chi connectivity index (χ3n) is 5.33. The van der Waals surface area contributed by atoms with E-state index in [1.807, 2.05) is 4.90 Å². The van der Waals surface area contributed by atoms with Crippen LogP contribution in [0.15, 0.2) is 47.4 Å². The summed E-state index contributed by atoms with van der Waals surface area (Å²) in [5.41, 5.74) is 0.955. The molecule has 1 aliphatic rings. The van der Waals surface area contributed by atoms with Gasteiger partial charge in [0.25, 0.3) is 5.56 Å². The van der Waals surface area contributed by atoms with Crippen LogP contribution in [0.3, 0.4) is 0 Å². The zero-order valence-electron chi connectivity index (χ0n) is 16.6. The van der Waals surface area contributed by atoms with Gasteiger partial charge < -0.3 is 14.6 Å². The van der Waals surface area contributed by atoms with E-state index in [0.29, 0.717) is 49.3 Å². The normalized spacial score (nSPS) is 14.6. The maximum atomic E-state index is 12.5. The van der Waals surface area contributed by atoms with Crippen LogP contribution in [0.1, 0.15) is 37.1 Å². The van der Waals surface area contributed by atoms with E-state index in [4.69, 9.17) is 10.00 Å². The fraction of sp³-hybridized carbons (Fsp3) is 0.364. The third kappa shape index (κ3) is 4.51. The lowest BCUT2D eigenvalue weighted by Crippen LogP contribution is -2.41. The van der Waals surface area contributed by atoms with Crippen molar-refractivity contribution in [1.82, 2.24) is 19.5 Å². The number of hydrogen-bond acceptors (Lipinski definition) is 5. The Kier molecular flexibility index (Phi) is 5.80. The molecule has 0 unspecified atom stereocenters. The van der Waals surface area contributed by atoms with Gasteiger partial charge >= 0.3 is 0 Å². The summed E-state index contributed by atoms with van der Waals surface area (Å²) < 4.78 is 7.53. The predicted molar refractivity (Wildman–Crippen MR) is 110 cm³/mol. The molecule has 0 atom stereocenters. The Morgan fingerprint density at radius 2 is 2.00 bits per heavy atom. The van der Waals surface area contributed by atoms with Crippen molar-refractivity contribution in [3.63, 3.8) is 0 Å². The van der Waals surface area contributed by atoms with E-state index in [9.17, 15) is 9.59 Å². The molecule has 4 rings (SSSR count). The van der Waals surface area contributed by atoms with Crippen molar-refractivity contribution in [2.24, 2.45) is 0 Å². The highest BCUT2D eigenvalue weighted by atomic mass is 16.5. The number of nitrogens with zero attached hydrogens (tertiary/aromatic N) is 4. The first kappa shape index (κ1) is 19.7. The van der Waals surface area contributed by atoms with Crippen molar-refractivity contribution in [1.29, 1.82) is 5.26 Å². The summed E-state index contributed by atoms with van der Waals surface area (Å²) >= 11 is 0. The number of benzene rings is 1. The van der Waals surface area contributed by atoms with E-state index in [2.05, 4.69) is 16.2 Å². The Morgan fingerprint density at radius 3 is 2.73 bits per heavy atom. The molecule has 0 radical (unpaired) electrons. The first-order chi connectivity index (χ1) is 14.6. The molecule has 2 aromatic heterocycles. The quantitative estimate of drug-likeness (QED) is 0.678. The maximum absolute atomic E-state index is 12.5. The molecule has 0 saturated carbocycles. The van der Waals surface area contributed by atoms with Gasteiger partial charge in [0.2, 0.25) is 5.91 Å². The molecule has 0 aliphatic carbocycles. The van der Waals surface area contributed by atoms with Gasteiger partial charge in [0.1, 0.15) is 23.2 Å². The fourth-order valence-electron chi connectivity index (χ4n) is 3.69. The lowest BCUT2D eigenvalue weighted by Gasteiger charge is -2.32. The summed E-state index contributed by atoms with van der Waals surface area (Å²) in [7, 11) is 0. The van der Waals surface area contributed by atoms with Gasteiger partial charge in [-0.2, -0.15) is 10.4 Å². The molecule has 1 aromatic carbocycles. The van der Waals surface area contributed by atoms with Gasteiger partial charge in [-0.1, -0.05) is 0 Å². The lowest BCUT2D eigenvalue weighted by molar-refractivity contribution is -0.133. The number of carbonyl (C=O) groups excluding carboxylic acids is 1. The average molecular weight is 405 g/mol. The summed E-state index contributed by atoms with van der Waals surface area (Å²) in [6, 6.07) is 12.7. The standard InChI is InChI=1S/C22H23N5O3/c23-15-16-6-8-17(9-7-16)30-18-10-13-26(14-11-18)21(28)5-1-4-20-24-22(29)19-3-2-12-27(19)25-20/h2-3,6-9,12,18H,1,4-5,10-11,13-14H2,(H,24,25,29). The number of carbonyl (C=O) groups is 1. The Hall–Kier alpha value is -3.60. The van der Waals surface area contributed by atoms with Crippen LogP contribution in [0.2, 0.25) is 0 Å². The number of aryl methyl sites for hydroxylation is 1. The highest BCUT2D eigenvalue weighted by Gasteiger charge is 2.23. The van der Waals surface area contributed by atoms with Gasteiger partial charge in [0.05, 0.1) is 11.6 Å². The average Bonchev–Trinajstić information content (AvgIpc) is 3.24. The Labute approximate surface area is 173 Å². The molecule has 0 bridgehead atoms. The molecule has 1 N–H and O–H groups in total. The molecular weight excluding hydrogens is 382 g/mol. The number of fused-ring (bicyclic) bond motifs is 1. The number of rotatable bonds is 6. The number of hydrogen-bond donors (Lipinski definition) is 1. The minimum Gasteiger partial charge on any atom is -0.490 e. The van der Waals surface area contributed by atoms with Crippen molar-refractivity contribution in [3.05, 3.63) is 64.3 Å². The largest absolute Gasteiger partial charge is 0.490 e. The molecule has 1 amide bonds. The van der Waals surface area contributed by atoms with Crippen LogP contribution in [0, 0.1) is 11.3 Å². The summed E-state index contributed by atoms with van der Waals surface area (Å²) in [5.74, 6) is 1.46.